The molecule has 0 aliphatic heterocycles. The van der Waals surface area contributed by atoms with Crippen LogP contribution in [0.4, 0.5) is 11.4 Å². The number of fused-ring (bicyclic) bond motifs is 1. The molecule has 0 radical (unpaired) electrons. The maximum Gasteiger partial charge on any atom is 0.339 e. The minimum Gasteiger partial charge on any atom is -0.494 e. The molecular formula is C23H17N3O7. The molecule has 0 spiro atoms. The SMILES string of the molecule is COc1cc([N+](=O)[O-])ccc1NC(=O)COC(=O)c1cc(-c2ccco2)nc2ccccc12. The highest BCUT2D eigenvalue weighted by Crippen LogP contribution is 2.29. The molecule has 10 heteroatoms. The van der Waals surface area contributed by atoms with E-state index in [-0.39, 0.29) is 22.7 Å². The lowest BCUT2D eigenvalue weighted by Crippen LogP contribution is -2.21. The Bertz CT molecular complexity index is 1350. The Labute approximate surface area is 186 Å². The summed E-state index contributed by atoms with van der Waals surface area (Å²) in [7, 11) is 1.32. The molecule has 0 fully saturated rings. The van der Waals surface area contributed by atoms with Gasteiger partial charge in [-0.3, -0.25) is 14.9 Å². The maximum absolute atomic E-state index is 12.8. The number of esters is 1. The normalized spacial score (nSPS) is 10.6. The molecule has 0 saturated heterocycles. The second kappa shape index (κ2) is 9.18. The summed E-state index contributed by atoms with van der Waals surface area (Å²) in [6, 6.07) is 15.8. The van der Waals surface area contributed by atoms with Gasteiger partial charge >= 0.3 is 5.97 Å². The van der Waals surface area contributed by atoms with Gasteiger partial charge in [0.05, 0.1) is 41.1 Å². The summed E-state index contributed by atoms with van der Waals surface area (Å²) in [6.07, 6.45) is 1.50. The Morgan fingerprint density at radius 1 is 1.12 bits per heavy atom. The summed E-state index contributed by atoms with van der Waals surface area (Å²) < 4.78 is 15.7. The van der Waals surface area contributed by atoms with E-state index in [1.54, 1.807) is 42.5 Å². The van der Waals surface area contributed by atoms with Crippen molar-refractivity contribution in [1.82, 2.24) is 4.98 Å². The lowest BCUT2D eigenvalue weighted by Gasteiger charge is -2.11. The fourth-order valence-electron chi connectivity index (χ4n) is 3.19. The number of nitro benzene ring substituents is 1. The molecule has 0 bridgehead atoms. The van der Waals surface area contributed by atoms with E-state index in [4.69, 9.17) is 13.9 Å². The predicted molar refractivity (Wildman–Crippen MR) is 118 cm³/mol. The number of nitro groups is 1. The van der Waals surface area contributed by atoms with E-state index in [0.717, 1.165) is 0 Å². The number of hydrogen-bond acceptors (Lipinski definition) is 8. The Kier molecular flexibility index (Phi) is 5.98. The fourth-order valence-corrected chi connectivity index (χ4v) is 3.19. The Morgan fingerprint density at radius 2 is 1.94 bits per heavy atom. The molecule has 166 valence electrons. The van der Waals surface area contributed by atoms with E-state index in [1.807, 2.05) is 0 Å². The van der Waals surface area contributed by atoms with E-state index in [9.17, 15) is 19.7 Å². The standard InChI is InChI=1S/C23H17N3O7/c1-31-21-11-14(26(29)30)8-9-18(21)25-22(27)13-33-23(28)16-12-19(20-7-4-10-32-20)24-17-6-3-2-5-15(16)17/h2-12H,13H2,1H3,(H,25,27). The predicted octanol–water partition coefficient (Wildman–Crippen LogP) is 4.21. The second-order valence-electron chi connectivity index (χ2n) is 6.82. The van der Waals surface area contributed by atoms with Crippen LogP contribution in [0.15, 0.2) is 71.3 Å². The lowest BCUT2D eigenvalue weighted by atomic mass is 10.1. The second-order valence-corrected chi connectivity index (χ2v) is 6.82. The van der Waals surface area contributed by atoms with Crippen molar-refractivity contribution in [3.8, 4) is 17.2 Å². The number of carbonyl (C=O) groups excluding carboxylic acids is 2. The Balaban J connectivity index is 1.51. The van der Waals surface area contributed by atoms with E-state index in [2.05, 4.69) is 10.3 Å². The summed E-state index contributed by atoms with van der Waals surface area (Å²) in [4.78, 5) is 40.0. The molecule has 0 atom stereocenters. The lowest BCUT2D eigenvalue weighted by molar-refractivity contribution is -0.384. The molecule has 2 heterocycles. The number of hydrogen-bond donors (Lipinski definition) is 1. The third kappa shape index (κ3) is 4.64. The van der Waals surface area contributed by atoms with E-state index < -0.39 is 23.4 Å². The number of anilines is 1. The van der Waals surface area contributed by atoms with Crippen molar-refractivity contribution >= 4 is 34.2 Å². The smallest absolute Gasteiger partial charge is 0.339 e. The van der Waals surface area contributed by atoms with Crippen LogP contribution in [-0.2, 0) is 9.53 Å². The van der Waals surface area contributed by atoms with Crippen molar-refractivity contribution < 1.29 is 28.4 Å². The first kappa shape index (κ1) is 21.5. The van der Waals surface area contributed by atoms with E-state index >= 15 is 0 Å². The number of ether oxygens (including phenoxy) is 2. The minimum atomic E-state index is -0.716. The molecule has 2 aromatic carbocycles. The van der Waals surface area contributed by atoms with Gasteiger partial charge < -0.3 is 19.2 Å². The zero-order valence-electron chi connectivity index (χ0n) is 17.3. The zero-order chi connectivity index (χ0) is 23.4. The first-order chi connectivity index (χ1) is 16.0. The van der Waals surface area contributed by atoms with Crippen LogP contribution in [0.25, 0.3) is 22.4 Å². The number of aromatic nitrogens is 1. The number of non-ortho nitro benzene ring substituents is 1. The Morgan fingerprint density at radius 3 is 2.67 bits per heavy atom. The first-order valence-corrected chi connectivity index (χ1v) is 9.69. The first-order valence-electron chi connectivity index (χ1n) is 9.69. The number of benzene rings is 2. The number of furan rings is 1. The molecular weight excluding hydrogens is 430 g/mol. The summed E-state index contributed by atoms with van der Waals surface area (Å²) in [5, 5.41) is 14.0. The molecule has 4 rings (SSSR count). The Hall–Kier alpha value is -4.73. The largest absolute Gasteiger partial charge is 0.494 e. The van der Waals surface area contributed by atoms with Gasteiger partial charge in [0.2, 0.25) is 0 Å². The van der Waals surface area contributed by atoms with Crippen LogP contribution in [0.1, 0.15) is 10.4 Å². The van der Waals surface area contributed by atoms with Crippen molar-refractivity contribution in [1.29, 1.82) is 0 Å². The number of nitrogens with one attached hydrogen (secondary N) is 1. The van der Waals surface area contributed by atoms with E-state index in [1.165, 1.54) is 31.6 Å². The molecule has 1 N–H and O–H groups in total. The monoisotopic (exact) mass is 447 g/mol. The summed E-state index contributed by atoms with van der Waals surface area (Å²) in [6.45, 7) is -0.578. The molecule has 0 saturated carbocycles. The van der Waals surface area contributed by atoms with Crippen LogP contribution >= 0.6 is 0 Å². The molecule has 1 amide bonds. The number of methoxy groups -OCH3 is 1. The zero-order valence-corrected chi connectivity index (χ0v) is 17.3. The quantitative estimate of drug-likeness (QED) is 0.253. The van der Waals surface area contributed by atoms with Gasteiger partial charge in [0.25, 0.3) is 11.6 Å². The van der Waals surface area contributed by atoms with Crippen LogP contribution in [0.2, 0.25) is 0 Å². The van der Waals surface area contributed by atoms with Crippen molar-refractivity contribution in [2.24, 2.45) is 0 Å². The number of para-hydroxylation sites is 1. The highest BCUT2D eigenvalue weighted by Gasteiger charge is 2.18. The number of pyridine rings is 1. The van der Waals surface area contributed by atoms with Gasteiger partial charge in [-0.15, -0.1) is 0 Å². The molecule has 0 aliphatic carbocycles. The van der Waals surface area contributed by atoms with Crippen LogP contribution < -0.4 is 10.1 Å². The molecule has 33 heavy (non-hydrogen) atoms. The van der Waals surface area contributed by atoms with Crippen LogP contribution in [0, 0.1) is 10.1 Å². The summed E-state index contributed by atoms with van der Waals surface area (Å²) >= 11 is 0. The molecule has 0 aliphatic rings. The van der Waals surface area contributed by atoms with Gasteiger partial charge in [-0.25, -0.2) is 9.78 Å². The van der Waals surface area contributed by atoms with Crippen LogP contribution in [0.5, 0.6) is 5.75 Å². The van der Waals surface area contributed by atoms with Gasteiger partial charge in [-0.05, 0) is 30.3 Å². The average Bonchev–Trinajstić information content (AvgIpc) is 3.37. The van der Waals surface area contributed by atoms with Crippen molar-refractivity contribution in [3.05, 3.63) is 82.6 Å². The van der Waals surface area contributed by atoms with Gasteiger partial charge in [-0.1, -0.05) is 18.2 Å². The maximum atomic E-state index is 12.8. The van der Waals surface area contributed by atoms with Crippen molar-refractivity contribution in [3.63, 3.8) is 0 Å². The molecule has 4 aromatic rings. The highest BCUT2D eigenvalue weighted by atomic mass is 16.6. The van der Waals surface area contributed by atoms with E-state index in [0.29, 0.717) is 22.4 Å². The van der Waals surface area contributed by atoms with Gasteiger partial charge in [0.1, 0.15) is 11.4 Å². The van der Waals surface area contributed by atoms with Crippen molar-refractivity contribution in [2.75, 3.05) is 19.0 Å². The summed E-state index contributed by atoms with van der Waals surface area (Å²) in [5.74, 6) is -0.766. The highest BCUT2D eigenvalue weighted by molar-refractivity contribution is 6.05. The summed E-state index contributed by atoms with van der Waals surface area (Å²) in [5.41, 5.74) is 1.27. The van der Waals surface area contributed by atoms with Gasteiger partial charge in [0.15, 0.2) is 12.4 Å². The molecule has 2 aromatic heterocycles. The molecule has 10 nitrogen and oxygen atoms in total. The van der Waals surface area contributed by atoms with Gasteiger partial charge in [-0.2, -0.15) is 0 Å². The third-order valence-corrected chi connectivity index (χ3v) is 4.71. The fraction of sp³-hybridized carbons (Fsp3) is 0.0870. The van der Waals surface area contributed by atoms with Gasteiger partial charge in [0, 0.05) is 11.5 Å². The number of nitrogens with zero attached hydrogens (tertiary/aromatic N) is 2. The third-order valence-electron chi connectivity index (χ3n) is 4.71. The van der Waals surface area contributed by atoms with Crippen LogP contribution in [-0.4, -0.2) is 35.5 Å². The number of carbonyl (C=O) groups is 2. The van der Waals surface area contributed by atoms with Crippen LogP contribution in [0.3, 0.4) is 0 Å². The molecule has 0 unspecified atom stereocenters. The topological polar surface area (TPSA) is 134 Å². The minimum absolute atomic E-state index is 0.104. The number of amides is 1. The average molecular weight is 447 g/mol. The number of rotatable bonds is 7. The van der Waals surface area contributed by atoms with Crippen molar-refractivity contribution in [2.45, 2.75) is 0 Å².